The van der Waals surface area contributed by atoms with Gasteiger partial charge in [-0.25, -0.2) is 9.37 Å². The quantitative estimate of drug-likeness (QED) is 0.919. The molecule has 5 heteroatoms. The smallest absolute Gasteiger partial charge is 0.123 e. The van der Waals surface area contributed by atoms with Crippen molar-refractivity contribution >= 4 is 0 Å². The van der Waals surface area contributed by atoms with E-state index in [0.717, 1.165) is 50.5 Å². The monoisotopic (exact) mass is 274 g/mol. The molecule has 0 saturated carbocycles. The van der Waals surface area contributed by atoms with Gasteiger partial charge in [-0.05, 0) is 29.8 Å². The average Bonchev–Trinajstić information content (AvgIpc) is 2.95. The molecule has 1 aliphatic heterocycles. The fraction of sp³-hybridized carbons (Fsp3) is 0.400. The second-order valence-corrected chi connectivity index (χ2v) is 5.07. The van der Waals surface area contributed by atoms with Gasteiger partial charge in [-0.1, -0.05) is 0 Å². The number of hydrogen-bond acceptors (Lipinski definition) is 3. The third kappa shape index (κ3) is 3.05. The molecule has 20 heavy (non-hydrogen) atoms. The lowest BCUT2D eigenvalue weighted by atomic mass is 10.1. The van der Waals surface area contributed by atoms with Crippen LogP contribution < -0.4 is 5.32 Å². The molecule has 1 N–H and O–H groups in total. The fourth-order valence-corrected chi connectivity index (χ4v) is 2.54. The summed E-state index contributed by atoms with van der Waals surface area (Å²) in [6, 6.07) is 6.58. The molecule has 1 aliphatic rings. The molecule has 106 valence electrons. The van der Waals surface area contributed by atoms with Gasteiger partial charge >= 0.3 is 0 Å². The van der Waals surface area contributed by atoms with Crippen molar-refractivity contribution in [3.63, 3.8) is 0 Å². The van der Waals surface area contributed by atoms with Gasteiger partial charge in [0, 0.05) is 39.3 Å². The first-order valence-corrected chi connectivity index (χ1v) is 7.02. The highest BCUT2D eigenvalue weighted by Gasteiger charge is 2.10. The molecule has 0 unspecified atom stereocenters. The van der Waals surface area contributed by atoms with Gasteiger partial charge < -0.3 is 9.88 Å². The van der Waals surface area contributed by atoms with Crippen LogP contribution in [0.5, 0.6) is 0 Å². The Kier molecular flexibility index (Phi) is 4.08. The molecule has 3 rings (SSSR count). The summed E-state index contributed by atoms with van der Waals surface area (Å²) in [5, 5.41) is 3.35. The Hall–Kier alpha value is -1.72. The molecule has 0 radical (unpaired) electrons. The van der Waals surface area contributed by atoms with Crippen LogP contribution in [0.4, 0.5) is 4.39 Å². The standard InChI is InChI=1S/C15H19FN4/c16-14-3-1-13(2-4-14)15-11-18-12-20(15)10-9-19-7-5-17-6-8-19/h1-4,11-12,17H,5-10H2. The van der Waals surface area contributed by atoms with Gasteiger partial charge in [-0.2, -0.15) is 0 Å². The average molecular weight is 274 g/mol. The van der Waals surface area contributed by atoms with E-state index in [1.807, 2.05) is 12.5 Å². The van der Waals surface area contributed by atoms with E-state index >= 15 is 0 Å². The predicted molar refractivity (Wildman–Crippen MR) is 76.9 cm³/mol. The topological polar surface area (TPSA) is 33.1 Å². The van der Waals surface area contributed by atoms with E-state index in [9.17, 15) is 4.39 Å². The second kappa shape index (κ2) is 6.15. The van der Waals surface area contributed by atoms with Crippen LogP contribution in [0, 0.1) is 5.82 Å². The molecule has 1 aromatic heterocycles. The maximum atomic E-state index is 13.0. The summed E-state index contributed by atoms with van der Waals surface area (Å²) >= 11 is 0. The summed E-state index contributed by atoms with van der Waals surface area (Å²) < 4.78 is 15.1. The Bertz CT molecular complexity index is 543. The summed E-state index contributed by atoms with van der Waals surface area (Å²) in [7, 11) is 0. The molecule has 0 atom stereocenters. The number of nitrogens with zero attached hydrogens (tertiary/aromatic N) is 3. The molecule has 0 aliphatic carbocycles. The van der Waals surface area contributed by atoms with Crippen LogP contribution in [0.25, 0.3) is 11.3 Å². The first-order valence-electron chi connectivity index (χ1n) is 7.02. The van der Waals surface area contributed by atoms with Crippen molar-refractivity contribution in [2.24, 2.45) is 0 Å². The maximum absolute atomic E-state index is 13.0. The number of rotatable bonds is 4. The van der Waals surface area contributed by atoms with E-state index in [1.54, 1.807) is 12.1 Å². The zero-order chi connectivity index (χ0) is 13.8. The minimum absolute atomic E-state index is 0.208. The van der Waals surface area contributed by atoms with Crippen molar-refractivity contribution in [3.05, 3.63) is 42.6 Å². The summed E-state index contributed by atoms with van der Waals surface area (Å²) in [6.07, 6.45) is 3.69. The van der Waals surface area contributed by atoms with Crippen molar-refractivity contribution in [3.8, 4) is 11.3 Å². The zero-order valence-electron chi connectivity index (χ0n) is 11.4. The summed E-state index contributed by atoms with van der Waals surface area (Å²) in [6.45, 7) is 6.25. The lowest BCUT2D eigenvalue weighted by Gasteiger charge is -2.27. The Morgan fingerprint density at radius 2 is 1.85 bits per heavy atom. The van der Waals surface area contributed by atoms with Crippen LogP contribution >= 0.6 is 0 Å². The van der Waals surface area contributed by atoms with Crippen molar-refractivity contribution in [2.75, 3.05) is 32.7 Å². The van der Waals surface area contributed by atoms with Crippen LogP contribution in [-0.4, -0.2) is 47.2 Å². The van der Waals surface area contributed by atoms with Gasteiger partial charge in [0.25, 0.3) is 0 Å². The molecule has 2 aromatic rings. The van der Waals surface area contributed by atoms with Gasteiger partial charge in [0.05, 0.1) is 18.2 Å². The van der Waals surface area contributed by atoms with Crippen molar-refractivity contribution in [1.29, 1.82) is 0 Å². The van der Waals surface area contributed by atoms with Gasteiger partial charge in [-0.15, -0.1) is 0 Å². The van der Waals surface area contributed by atoms with Gasteiger partial charge in [0.2, 0.25) is 0 Å². The van der Waals surface area contributed by atoms with E-state index in [4.69, 9.17) is 0 Å². The van der Waals surface area contributed by atoms with Crippen LogP contribution in [0.15, 0.2) is 36.8 Å². The third-order valence-electron chi connectivity index (χ3n) is 3.72. The van der Waals surface area contributed by atoms with Crippen LogP contribution in [-0.2, 0) is 6.54 Å². The Morgan fingerprint density at radius 1 is 1.10 bits per heavy atom. The highest BCUT2D eigenvalue weighted by Crippen LogP contribution is 2.19. The molecule has 4 nitrogen and oxygen atoms in total. The van der Waals surface area contributed by atoms with Gasteiger partial charge in [0.15, 0.2) is 0 Å². The number of imidazole rings is 1. The van der Waals surface area contributed by atoms with Crippen molar-refractivity contribution in [1.82, 2.24) is 19.8 Å². The summed E-state index contributed by atoms with van der Waals surface area (Å²) in [5.41, 5.74) is 2.05. The summed E-state index contributed by atoms with van der Waals surface area (Å²) in [4.78, 5) is 6.67. The molecule has 1 fully saturated rings. The maximum Gasteiger partial charge on any atom is 0.123 e. The van der Waals surface area contributed by atoms with Crippen LogP contribution in [0.2, 0.25) is 0 Å². The minimum Gasteiger partial charge on any atom is -0.329 e. The number of piperazine rings is 1. The van der Waals surface area contributed by atoms with Crippen molar-refractivity contribution in [2.45, 2.75) is 6.54 Å². The van der Waals surface area contributed by atoms with E-state index in [-0.39, 0.29) is 5.82 Å². The van der Waals surface area contributed by atoms with Crippen LogP contribution in [0.1, 0.15) is 0 Å². The third-order valence-corrected chi connectivity index (χ3v) is 3.72. The van der Waals surface area contributed by atoms with E-state index in [2.05, 4.69) is 19.8 Å². The Labute approximate surface area is 118 Å². The van der Waals surface area contributed by atoms with Gasteiger partial charge in [0.1, 0.15) is 5.82 Å². The molecule has 1 saturated heterocycles. The number of benzene rings is 1. The highest BCUT2D eigenvalue weighted by atomic mass is 19.1. The minimum atomic E-state index is -0.208. The number of aromatic nitrogens is 2. The van der Waals surface area contributed by atoms with Gasteiger partial charge in [-0.3, -0.25) is 4.90 Å². The normalized spacial score (nSPS) is 16.4. The first-order chi connectivity index (χ1) is 9.83. The molecular weight excluding hydrogens is 255 g/mol. The SMILES string of the molecule is Fc1ccc(-c2cncn2CCN2CCNCC2)cc1. The van der Waals surface area contributed by atoms with E-state index in [1.165, 1.54) is 12.1 Å². The predicted octanol–water partition coefficient (Wildman–Crippen LogP) is 1.59. The molecule has 0 spiro atoms. The van der Waals surface area contributed by atoms with Crippen LogP contribution in [0.3, 0.4) is 0 Å². The summed E-state index contributed by atoms with van der Waals surface area (Å²) in [5.74, 6) is -0.208. The Morgan fingerprint density at radius 3 is 2.60 bits per heavy atom. The molecular formula is C15H19FN4. The Balaban J connectivity index is 1.68. The lowest BCUT2D eigenvalue weighted by molar-refractivity contribution is 0.233. The first kappa shape index (κ1) is 13.3. The number of halogens is 1. The molecule has 1 aromatic carbocycles. The number of nitrogens with one attached hydrogen (secondary N) is 1. The van der Waals surface area contributed by atoms with E-state index < -0.39 is 0 Å². The second-order valence-electron chi connectivity index (χ2n) is 5.07. The fourth-order valence-electron chi connectivity index (χ4n) is 2.54. The van der Waals surface area contributed by atoms with E-state index in [0.29, 0.717) is 0 Å². The molecule has 0 amide bonds. The lowest BCUT2D eigenvalue weighted by Crippen LogP contribution is -2.44. The van der Waals surface area contributed by atoms with Crippen molar-refractivity contribution < 1.29 is 4.39 Å². The largest absolute Gasteiger partial charge is 0.329 e. The highest BCUT2D eigenvalue weighted by molar-refractivity contribution is 5.58. The zero-order valence-corrected chi connectivity index (χ0v) is 11.4. The number of hydrogen-bond donors (Lipinski definition) is 1. The molecule has 2 heterocycles. The molecule has 0 bridgehead atoms.